The van der Waals surface area contributed by atoms with Crippen LogP contribution in [0.3, 0.4) is 0 Å². The van der Waals surface area contributed by atoms with Crippen molar-refractivity contribution in [1.29, 1.82) is 0 Å². The summed E-state index contributed by atoms with van der Waals surface area (Å²) in [5.41, 5.74) is 3.62. The van der Waals surface area contributed by atoms with E-state index in [4.69, 9.17) is 35.1 Å². The average molecular weight is 1390 g/mol. The number of nitrogens with zero attached hydrogens (tertiary/aromatic N) is 13. The Hall–Kier alpha value is -8.92. The van der Waals surface area contributed by atoms with E-state index in [0.717, 1.165) is 96.8 Å². The van der Waals surface area contributed by atoms with E-state index >= 15 is 0 Å². The van der Waals surface area contributed by atoms with Crippen LogP contribution in [0.25, 0.3) is 12.2 Å². The molecule has 500 valence electrons. The maximum absolute atomic E-state index is 13.7. The molecule has 0 unspecified atom stereocenters. The molecule has 6 N–H and O–H groups in total. The molecule has 0 saturated carbocycles. The van der Waals surface area contributed by atoms with E-state index in [1.165, 1.54) is 62.0 Å². The Morgan fingerprint density at radius 3 is 1.25 bits per heavy atom. The van der Waals surface area contributed by atoms with Gasteiger partial charge in [0.15, 0.2) is 16.7 Å². The summed E-state index contributed by atoms with van der Waals surface area (Å²) < 4.78 is 65.5. The Balaban J connectivity index is 1.05. The number of Topliss-reactive ketones (excluding diaryl/α,β-unsaturated/α-hetero) is 2. The van der Waals surface area contributed by atoms with E-state index < -0.39 is 43.6 Å². The Bertz CT molecular complexity index is 4040. The lowest BCUT2D eigenvalue weighted by atomic mass is 10.1. The summed E-state index contributed by atoms with van der Waals surface area (Å²) in [5.74, 6) is -0.474. The normalized spacial score (nSPS) is 14.1. The fraction of sp³-hybridized carbons (Fsp3) is 0.349. The van der Waals surface area contributed by atoms with Gasteiger partial charge in [0, 0.05) is 75.1 Å². The van der Waals surface area contributed by atoms with Gasteiger partial charge >= 0.3 is 0 Å². The molecule has 2 fully saturated rings. The van der Waals surface area contributed by atoms with Gasteiger partial charge in [0.2, 0.25) is 22.2 Å². The lowest BCUT2D eigenvalue weighted by Gasteiger charge is -2.27. The van der Waals surface area contributed by atoms with Crippen LogP contribution in [0.5, 0.6) is 0 Å². The van der Waals surface area contributed by atoms with Gasteiger partial charge in [-0.15, -0.1) is 20.5 Å². The molecular weight excluding hydrogens is 1320 g/mol. The predicted octanol–water partition coefficient (Wildman–Crippen LogP) is 13.6. The number of hydrogen-bond acceptors (Lipinski definition) is 26. The molecule has 95 heavy (non-hydrogen) atoms. The Labute approximate surface area is 563 Å². The van der Waals surface area contributed by atoms with Crippen LogP contribution in [-0.2, 0) is 39.4 Å². The van der Waals surface area contributed by atoms with Crippen LogP contribution >= 0.6 is 34.4 Å². The summed E-state index contributed by atoms with van der Waals surface area (Å²) in [7, 11) is -8.95. The van der Waals surface area contributed by atoms with E-state index in [1.54, 1.807) is 0 Å². The molecule has 4 aromatic carbocycles. The Kier molecular flexibility index (Phi) is 23.7. The van der Waals surface area contributed by atoms with Crippen LogP contribution in [0, 0.1) is 0 Å². The lowest BCUT2D eigenvalue weighted by Crippen LogP contribution is -2.30. The molecule has 2 saturated heterocycles. The van der Waals surface area contributed by atoms with Gasteiger partial charge in [-0.3, -0.25) is 28.3 Å². The number of anilines is 10. The number of rotatable bonds is 28. The van der Waals surface area contributed by atoms with Crippen molar-refractivity contribution in [1.82, 2.24) is 24.9 Å². The molecule has 9 rings (SSSR count). The molecule has 2 aliphatic heterocycles. The first-order valence-corrected chi connectivity index (χ1v) is 36.3. The zero-order chi connectivity index (χ0) is 68.0. The zero-order valence-corrected chi connectivity index (χ0v) is 57.4. The van der Waals surface area contributed by atoms with Crippen molar-refractivity contribution in [3.63, 3.8) is 0 Å². The molecule has 32 heteroatoms. The average Bonchev–Trinajstić information content (AvgIpc) is 1.80. The number of nitrogens with one attached hydrogen (secondary N) is 4. The van der Waals surface area contributed by atoms with Crippen molar-refractivity contribution in [2.75, 3.05) is 99.0 Å². The van der Waals surface area contributed by atoms with E-state index in [9.17, 15) is 45.1 Å². The van der Waals surface area contributed by atoms with Gasteiger partial charge in [0.1, 0.15) is 23.0 Å². The van der Waals surface area contributed by atoms with Gasteiger partial charge in [0.05, 0.1) is 42.1 Å². The quantitative estimate of drug-likeness (QED) is 0.00662. The van der Waals surface area contributed by atoms with Gasteiger partial charge in [-0.25, -0.2) is 0 Å². The minimum atomic E-state index is -4.47. The minimum absolute atomic E-state index is 0.176. The van der Waals surface area contributed by atoms with Crippen LogP contribution in [0.15, 0.2) is 131 Å². The summed E-state index contributed by atoms with van der Waals surface area (Å²) in [5, 5.41) is 31.9. The Morgan fingerprint density at radius 1 is 0.537 bits per heavy atom. The number of azo groups is 2. The largest absolute Gasteiger partial charge is 0.372 e. The molecule has 0 atom stereocenters. The number of piperidine rings is 2. The highest BCUT2D eigenvalue weighted by atomic mass is 32.2. The maximum atomic E-state index is 13.7. The molecule has 2 amide bonds. The number of thiazole rings is 2. The van der Waals surface area contributed by atoms with Crippen LogP contribution in [0.2, 0.25) is 0 Å². The zero-order valence-electron chi connectivity index (χ0n) is 53.4. The van der Waals surface area contributed by atoms with Gasteiger partial charge in [-0.05, 0) is 183 Å². The van der Waals surface area contributed by atoms with Crippen molar-refractivity contribution in [2.24, 2.45) is 20.5 Å². The minimum Gasteiger partial charge on any atom is -0.372 e. The second-order valence-electron chi connectivity index (χ2n) is 21.7. The summed E-state index contributed by atoms with van der Waals surface area (Å²) in [6, 6.07) is 21.2. The third-order valence-electron chi connectivity index (χ3n) is 15.3. The number of amides is 2. The molecular formula is C63H73N17O10S5. The topological polar surface area (TPSA) is 352 Å². The third-order valence-corrected chi connectivity index (χ3v) is 19.5. The highest BCUT2D eigenvalue weighted by molar-refractivity contribution is 7.99. The smallest absolute Gasteiger partial charge is 0.294 e. The van der Waals surface area contributed by atoms with Gasteiger partial charge in [-0.2, -0.15) is 41.8 Å². The maximum Gasteiger partial charge on any atom is 0.294 e. The monoisotopic (exact) mass is 1390 g/mol. The lowest BCUT2D eigenvalue weighted by molar-refractivity contribution is -0.120. The number of benzene rings is 4. The van der Waals surface area contributed by atoms with Gasteiger partial charge < -0.3 is 40.9 Å². The number of aromatic nitrogens is 5. The first-order chi connectivity index (χ1) is 45.5. The number of thioether (sulfide) groups is 1. The van der Waals surface area contributed by atoms with Crippen LogP contribution in [-0.4, -0.2) is 132 Å². The molecule has 0 aliphatic carbocycles. The number of carbonyl (C=O) groups excluding carboxylic acids is 4. The van der Waals surface area contributed by atoms with Crippen LogP contribution < -0.4 is 40.9 Å². The Morgan fingerprint density at radius 2 is 0.916 bits per heavy atom. The van der Waals surface area contributed by atoms with Crippen LogP contribution in [0.1, 0.15) is 96.7 Å². The van der Waals surface area contributed by atoms with Crippen LogP contribution in [0.4, 0.5) is 79.3 Å². The first-order valence-electron chi connectivity index (χ1n) is 30.8. The fourth-order valence-electron chi connectivity index (χ4n) is 10.4. The van der Waals surface area contributed by atoms with Crippen molar-refractivity contribution in [2.45, 2.75) is 102 Å². The molecule has 27 nitrogen and oxygen atoms in total. The highest BCUT2D eigenvalue weighted by Crippen LogP contribution is 2.41. The van der Waals surface area contributed by atoms with Crippen molar-refractivity contribution >= 4 is 169 Å². The van der Waals surface area contributed by atoms with Crippen molar-refractivity contribution < 1.29 is 45.1 Å². The summed E-state index contributed by atoms with van der Waals surface area (Å²) in [4.78, 5) is 87.0. The summed E-state index contributed by atoms with van der Waals surface area (Å²) in [6.07, 6.45) is 8.65. The number of carbonyl (C=O) groups is 4. The fourth-order valence-corrected chi connectivity index (χ4v) is 13.6. The summed E-state index contributed by atoms with van der Waals surface area (Å²) in [6.45, 7) is 18.3. The summed E-state index contributed by atoms with van der Waals surface area (Å²) >= 11 is 3.70. The van der Waals surface area contributed by atoms with Crippen molar-refractivity contribution in [3.8, 4) is 0 Å². The van der Waals surface area contributed by atoms with Crippen molar-refractivity contribution in [3.05, 3.63) is 106 Å². The van der Waals surface area contributed by atoms with E-state index in [0.29, 0.717) is 107 Å². The van der Waals surface area contributed by atoms with E-state index in [-0.39, 0.29) is 54.5 Å². The second kappa shape index (κ2) is 32.0. The van der Waals surface area contributed by atoms with Gasteiger partial charge in [-0.1, -0.05) is 41.4 Å². The third kappa shape index (κ3) is 18.5. The highest BCUT2D eigenvalue weighted by Gasteiger charge is 2.26. The van der Waals surface area contributed by atoms with E-state index in [2.05, 4.69) is 78.8 Å². The first kappa shape index (κ1) is 70.4. The molecule has 0 spiro atoms. The predicted molar refractivity (Wildman–Crippen MR) is 375 cm³/mol. The molecule has 2 aliphatic rings. The second-order valence-corrected chi connectivity index (χ2v) is 27.8. The molecule has 0 bridgehead atoms. The van der Waals surface area contributed by atoms with Gasteiger partial charge in [0.25, 0.3) is 32.1 Å². The number of ketones is 2. The molecule has 5 heterocycles. The number of hydrogen-bond donors (Lipinski definition) is 6. The molecule has 0 radical (unpaired) electrons. The molecule has 7 aromatic rings. The van der Waals surface area contributed by atoms with E-state index in [1.807, 2.05) is 43.3 Å². The standard InChI is InChI=1S/C63H73N17O10S5/c1-8-77(9-2)43-23-29-49(73-75-62-68-55(79-31-15-13-16-32-79)53(92-62)37-47(39(6)81)57(83)64-41-19-25-45(26-20-41)94(85,86)87)51(35-43)66-59-70-60(72-61(71-59)91-12-5)67-52-36-44(78(10-3)11-4)24-30-50(52)74-76-63-69-56(80-33-17-14-18-34-80)54(93-63)38-48(40(7)82)58(84)65-42-21-27-46(28-22-42)95(88,89)90/h19-30,35-38H,8-18,31-34H2,1-7H3,(H,64,83)(H,65,84)(H,85,86,87)(H,88,89,90)(H2,66,67,70,71,72)/b47-37-,48-38+,75-73?,76-74?. The molecule has 3 aromatic heterocycles. The SMILES string of the molecule is CCSc1nc(Nc2cc(N(CC)CC)ccc2N=Nc2nc(N3CCCCC3)c(/C=C(/C(C)=O)C(=O)Nc3ccc(S(=O)(=O)O)cc3)s2)nc(Nc2cc(N(CC)CC)ccc2N=Nc2nc(N3CCCCC3)c(/C=C(\C(C)=O)C(=O)Nc3ccc(S(=O)(=O)O)cc3)s2)n1.